The summed E-state index contributed by atoms with van der Waals surface area (Å²) >= 11 is 0. The topological polar surface area (TPSA) is 12.0 Å². The molecule has 3 atom stereocenters. The number of fused-ring (bicyclic) bond motifs is 1. The van der Waals surface area contributed by atoms with E-state index in [1.54, 1.807) is 0 Å². The molecule has 2 fully saturated rings. The number of hydrogen-bond acceptors (Lipinski definition) is 1. The standard InChI is InChI=1S/C9H16FN/c10-8-5-1-3-7-4-2-6-11-9(7)8/h7-9,11H,1-6H2. The highest BCUT2D eigenvalue weighted by Gasteiger charge is 2.34. The van der Waals surface area contributed by atoms with Gasteiger partial charge in [0.2, 0.25) is 0 Å². The summed E-state index contributed by atoms with van der Waals surface area (Å²) in [5.74, 6) is 0.646. The summed E-state index contributed by atoms with van der Waals surface area (Å²) in [6.45, 7) is 1.03. The van der Waals surface area contributed by atoms with E-state index in [-0.39, 0.29) is 6.04 Å². The minimum Gasteiger partial charge on any atom is -0.311 e. The van der Waals surface area contributed by atoms with E-state index >= 15 is 0 Å². The maximum Gasteiger partial charge on any atom is 0.116 e. The van der Waals surface area contributed by atoms with Gasteiger partial charge in [0.25, 0.3) is 0 Å². The number of hydrogen-bond donors (Lipinski definition) is 1. The molecule has 0 spiro atoms. The highest BCUT2D eigenvalue weighted by molar-refractivity contribution is 4.90. The second-order valence-corrected chi connectivity index (χ2v) is 3.83. The zero-order valence-corrected chi connectivity index (χ0v) is 6.85. The highest BCUT2D eigenvalue weighted by Crippen LogP contribution is 2.32. The van der Waals surface area contributed by atoms with Gasteiger partial charge in [0.1, 0.15) is 6.17 Å². The molecule has 0 radical (unpaired) electrons. The SMILES string of the molecule is FC1CCCC2CCCNC12. The molecule has 1 heterocycles. The maximum absolute atomic E-state index is 13.3. The van der Waals surface area contributed by atoms with Crippen molar-refractivity contribution in [2.24, 2.45) is 5.92 Å². The molecule has 2 aliphatic rings. The Bertz CT molecular complexity index is 136. The first kappa shape index (κ1) is 7.53. The molecule has 3 unspecified atom stereocenters. The lowest BCUT2D eigenvalue weighted by Crippen LogP contribution is -2.49. The lowest BCUT2D eigenvalue weighted by Gasteiger charge is -2.38. The smallest absolute Gasteiger partial charge is 0.116 e. The Morgan fingerprint density at radius 2 is 1.91 bits per heavy atom. The summed E-state index contributed by atoms with van der Waals surface area (Å²) in [7, 11) is 0. The van der Waals surface area contributed by atoms with Crippen molar-refractivity contribution in [1.29, 1.82) is 0 Å². The Balaban J connectivity index is 1.99. The van der Waals surface area contributed by atoms with Gasteiger partial charge in [-0.15, -0.1) is 0 Å². The first-order chi connectivity index (χ1) is 5.38. The van der Waals surface area contributed by atoms with E-state index in [1.807, 2.05) is 0 Å². The van der Waals surface area contributed by atoms with Gasteiger partial charge in [-0.3, -0.25) is 0 Å². The molecule has 2 heteroatoms. The Morgan fingerprint density at radius 3 is 2.73 bits per heavy atom. The highest BCUT2D eigenvalue weighted by atomic mass is 19.1. The maximum atomic E-state index is 13.3. The van der Waals surface area contributed by atoms with E-state index in [1.165, 1.54) is 19.3 Å². The van der Waals surface area contributed by atoms with Crippen molar-refractivity contribution in [2.45, 2.75) is 44.3 Å². The summed E-state index contributed by atoms with van der Waals surface area (Å²) in [6.07, 6.45) is 5.07. The van der Waals surface area contributed by atoms with E-state index in [4.69, 9.17) is 0 Å². The molecular formula is C9H16FN. The number of alkyl halides is 1. The number of halogens is 1. The molecule has 1 saturated carbocycles. The van der Waals surface area contributed by atoms with Crippen LogP contribution < -0.4 is 5.32 Å². The first-order valence-electron chi connectivity index (χ1n) is 4.75. The Morgan fingerprint density at radius 1 is 1.09 bits per heavy atom. The van der Waals surface area contributed by atoms with Crippen LogP contribution in [0.1, 0.15) is 32.1 Å². The normalized spacial score (nSPS) is 45.0. The average molecular weight is 157 g/mol. The fraction of sp³-hybridized carbons (Fsp3) is 1.00. The van der Waals surface area contributed by atoms with Gasteiger partial charge in [0.05, 0.1) is 0 Å². The van der Waals surface area contributed by atoms with E-state index in [9.17, 15) is 4.39 Å². The summed E-state index contributed by atoms with van der Waals surface area (Å²) in [4.78, 5) is 0. The monoisotopic (exact) mass is 157 g/mol. The molecular weight excluding hydrogens is 141 g/mol. The van der Waals surface area contributed by atoms with Crippen LogP contribution in [-0.4, -0.2) is 18.8 Å². The van der Waals surface area contributed by atoms with Crippen LogP contribution in [0.2, 0.25) is 0 Å². The first-order valence-corrected chi connectivity index (χ1v) is 4.75. The summed E-state index contributed by atoms with van der Waals surface area (Å²) < 4.78 is 13.3. The fourth-order valence-electron chi connectivity index (χ4n) is 2.48. The van der Waals surface area contributed by atoms with E-state index in [0.29, 0.717) is 5.92 Å². The molecule has 0 aromatic rings. The third kappa shape index (κ3) is 1.41. The lowest BCUT2D eigenvalue weighted by molar-refractivity contribution is 0.109. The Labute approximate surface area is 67.4 Å². The van der Waals surface area contributed by atoms with E-state index < -0.39 is 6.17 Å². The van der Waals surface area contributed by atoms with Crippen LogP contribution in [0.3, 0.4) is 0 Å². The van der Waals surface area contributed by atoms with Gasteiger partial charge in [-0.05, 0) is 38.1 Å². The van der Waals surface area contributed by atoms with Crippen LogP contribution in [-0.2, 0) is 0 Å². The zero-order valence-electron chi connectivity index (χ0n) is 6.85. The van der Waals surface area contributed by atoms with Gasteiger partial charge in [-0.25, -0.2) is 4.39 Å². The predicted molar refractivity (Wildman–Crippen MR) is 43.3 cm³/mol. The van der Waals surface area contributed by atoms with Crippen molar-refractivity contribution >= 4 is 0 Å². The number of rotatable bonds is 0. The Hall–Kier alpha value is -0.110. The molecule has 1 saturated heterocycles. The third-order valence-corrected chi connectivity index (χ3v) is 3.08. The van der Waals surface area contributed by atoms with Crippen molar-refractivity contribution in [2.75, 3.05) is 6.54 Å². The van der Waals surface area contributed by atoms with Crippen molar-refractivity contribution in [3.63, 3.8) is 0 Å². The molecule has 2 rings (SSSR count). The van der Waals surface area contributed by atoms with Gasteiger partial charge >= 0.3 is 0 Å². The van der Waals surface area contributed by atoms with Gasteiger partial charge in [0.15, 0.2) is 0 Å². The zero-order chi connectivity index (χ0) is 7.68. The van der Waals surface area contributed by atoms with Gasteiger partial charge in [0, 0.05) is 6.04 Å². The van der Waals surface area contributed by atoms with Crippen LogP contribution in [0.25, 0.3) is 0 Å². The van der Waals surface area contributed by atoms with Gasteiger partial charge < -0.3 is 5.32 Å². The second-order valence-electron chi connectivity index (χ2n) is 3.83. The number of piperidine rings is 1. The molecule has 1 aliphatic carbocycles. The van der Waals surface area contributed by atoms with Crippen LogP contribution in [0.4, 0.5) is 4.39 Å². The molecule has 1 nitrogen and oxygen atoms in total. The molecule has 0 bridgehead atoms. The molecule has 64 valence electrons. The fourth-order valence-corrected chi connectivity index (χ4v) is 2.48. The second kappa shape index (κ2) is 3.10. The van der Waals surface area contributed by atoms with Crippen LogP contribution in [0.15, 0.2) is 0 Å². The summed E-state index contributed by atoms with van der Waals surface area (Å²) in [5.41, 5.74) is 0. The minimum absolute atomic E-state index is 0.206. The summed E-state index contributed by atoms with van der Waals surface area (Å²) in [5, 5.41) is 3.30. The lowest BCUT2D eigenvalue weighted by atomic mass is 9.78. The quantitative estimate of drug-likeness (QED) is 0.566. The Kier molecular flexibility index (Phi) is 2.12. The average Bonchev–Trinajstić information content (AvgIpc) is 2.06. The van der Waals surface area contributed by atoms with Gasteiger partial charge in [-0.2, -0.15) is 0 Å². The molecule has 1 N–H and O–H groups in total. The van der Waals surface area contributed by atoms with Crippen LogP contribution in [0.5, 0.6) is 0 Å². The predicted octanol–water partition coefficient (Wildman–Crippen LogP) is 1.88. The molecule has 1 aliphatic heterocycles. The summed E-state index contributed by atoms with van der Waals surface area (Å²) in [6, 6.07) is 0.206. The van der Waals surface area contributed by atoms with Crippen molar-refractivity contribution in [3.05, 3.63) is 0 Å². The van der Waals surface area contributed by atoms with Crippen molar-refractivity contribution in [3.8, 4) is 0 Å². The van der Waals surface area contributed by atoms with Crippen LogP contribution >= 0.6 is 0 Å². The van der Waals surface area contributed by atoms with Gasteiger partial charge in [-0.1, -0.05) is 6.42 Å². The molecule has 0 aromatic carbocycles. The molecule has 11 heavy (non-hydrogen) atoms. The van der Waals surface area contributed by atoms with E-state index in [2.05, 4.69) is 5.32 Å². The van der Waals surface area contributed by atoms with E-state index in [0.717, 1.165) is 19.4 Å². The molecule has 0 aromatic heterocycles. The van der Waals surface area contributed by atoms with Crippen LogP contribution in [0, 0.1) is 5.92 Å². The molecule has 0 amide bonds. The van der Waals surface area contributed by atoms with Crippen molar-refractivity contribution < 1.29 is 4.39 Å². The number of nitrogens with one attached hydrogen (secondary N) is 1. The minimum atomic E-state index is -0.561. The third-order valence-electron chi connectivity index (χ3n) is 3.08. The largest absolute Gasteiger partial charge is 0.311 e. The van der Waals surface area contributed by atoms with Crippen molar-refractivity contribution in [1.82, 2.24) is 5.32 Å².